The largest absolute Gasteiger partial charge is 0.455 e. The Labute approximate surface area is 292 Å². The molecule has 0 saturated heterocycles. The van der Waals surface area contributed by atoms with Crippen molar-refractivity contribution in [2.45, 2.75) is 0 Å². The van der Waals surface area contributed by atoms with Crippen LogP contribution in [0.3, 0.4) is 0 Å². The summed E-state index contributed by atoms with van der Waals surface area (Å²) in [4.78, 5) is 14.9. The van der Waals surface area contributed by atoms with E-state index >= 15 is 0 Å². The van der Waals surface area contributed by atoms with E-state index in [0.717, 1.165) is 55.3 Å². The molecular weight excluding hydrogens is 631 g/mol. The zero-order valence-electron chi connectivity index (χ0n) is 26.7. The van der Waals surface area contributed by atoms with E-state index < -0.39 is 0 Å². The number of fused-ring (bicyclic) bond motifs is 6. The van der Waals surface area contributed by atoms with Crippen LogP contribution in [-0.4, -0.2) is 15.0 Å². The van der Waals surface area contributed by atoms with Gasteiger partial charge in [-0.05, 0) is 47.0 Å². The number of furan rings is 1. The Bertz CT molecular complexity index is 2800. The summed E-state index contributed by atoms with van der Waals surface area (Å²) < 4.78 is 9.01. The zero-order valence-corrected chi connectivity index (χ0v) is 27.6. The van der Waals surface area contributed by atoms with Crippen LogP contribution in [0.1, 0.15) is 0 Å². The Balaban J connectivity index is 1.18. The summed E-state index contributed by atoms with van der Waals surface area (Å²) >= 11 is 1.79. The van der Waals surface area contributed by atoms with Crippen LogP contribution < -0.4 is 0 Å². The van der Waals surface area contributed by atoms with Gasteiger partial charge in [0.1, 0.15) is 11.2 Å². The van der Waals surface area contributed by atoms with Crippen molar-refractivity contribution in [2.75, 3.05) is 0 Å². The summed E-state index contributed by atoms with van der Waals surface area (Å²) in [6.45, 7) is 0. The number of hydrogen-bond acceptors (Lipinski definition) is 5. The standard InChI is InChI=1S/C45H27N3OS/c1-4-13-28(14-5-1)32-25-36-33-19-10-11-21-38(33)49-42(36)37(26-32)34-20-12-22-39-41(34)35-24-23-31(27-40(35)50-39)45-47-43(29-15-6-2-7-16-29)46-44(48-45)30-17-8-3-9-18-30/h1-27H. The van der Waals surface area contributed by atoms with Crippen LogP contribution in [0.2, 0.25) is 0 Å². The molecule has 0 radical (unpaired) electrons. The Kier molecular flexibility index (Phi) is 6.64. The average molecular weight is 658 g/mol. The molecule has 7 aromatic carbocycles. The lowest BCUT2D eigenvalue weighted by Crippen LogP contribution is -1.99. The first-order chi connectivity index (χ1) is 24.8. The van der Waals surface area contributed by atoms with Gasteiger partial charge in [0.2, 0.25) is 0 Å². The molecule has 0 spiro atoms. The average Bonchev–Trinajstić information content (AvgIpc) is 3.76. The topological polar surface area (TPSA) is 51.8 Å². The Morgan fingerprint density at radius 1 is 0.380 bits per heavy atom. The second-order valence-electron chi connectivity index (χ2n) is 12.4. The molecule has 0 N–H and O–H groups in total. The molecule has 10 rings (SSSR count). The Hall–Kier alpha value is -6.43. The predicted molar refractivity (Wildman–Crippen MR) is 207 cm³/mol. The fourth-order valence-electron chi connectivity index (χ4n) is 6.95. The summed E-state index contributed by atoms with van der Waals surface area (Å²) in [6.07, 6.45) is 0. The van der Waals surface area contributed by atoms with E-state index in [1.165, 1.54) is 25.7 Å². The van der Waals surface area contributed by atoms with E-state index in [0.29, 0.717) is 17.5 Å². The van der Waals surface area contributed by atoms with Crippen LogP contribution in [0, 0.1) is 0 Å². The van der Waals surface area contributed by atoms with Gasteiger partial charge in [-0.1, -0.05) is 133 Å². The molecule has 5 heteroatoms. The molecular formula is C45H27N3OS. The molecule has 4 nitrogen and oxygen atoms in total. The van der Waals surface area contributed by atoms with Crippen molar-refractivity contribution in [1.29, 1.82) is 0 Å². The van der Waals surface area contributed by atoms with Crippen molar-refractivity contribution >= 4 is 53.4 Å². The van der Waals surface area contributed by atoms with Crippen LogP contribution in [-0.2, 0) is 0 Å². The maximum Gasteiger partial charge on any atom is 0.164 e. The summed E-state index contributed by atoms with van der Waals surface area (Å²) in [5.74, 6) is 1.96. The Morgan fingerprint density at radius 3 is 1.70 bits per heavy atom. The third-order valence-corrected chi connectivity index (χ3v) is 10.4. The molecule has 0 aliphatic carbocycles. The number of para-hydroxylation sites is 1. The number of benzene rings is 7. The fourth-order valence-corrected chi connectivity index (χ4v) is 8.12. The first-order valence-corrected chi connectivity index (χ1v) is 17.4. The SMILES string of the molecule is c1ccc(-c2cc(-c3cccc4sc5cc(-c6nc(-c7ccccc7)nc(-c7ccccc7)n6)ccc5c34)c3oc4ccccc4c3c2)cc1. The first kappa shape index (κ1) is 28.6. The minimum Gasteiger partial charge on any atom is -0.455 e. The molecule has 0 aliphatic rings. The third kappa shape index (κ3) is 4.79. The van der Waals surface area contributed by atoms with E-state index in [-0.39, 0.29) is 0 Å². The number of rotatable bonds is 5. The van der Waals surface area contributed by atoms with Gasteiger partial charge in [-0.2, -0.15) is 0 Å². The fraction of sp³-hybridized carbons (Fsp3) is 0. The number of aromatic nitrogens is 3. The van der Waals surface area contributed by atoms with Gasteiger partial charge in [0.05, 0.1) is 0 Å². The van der Waals surface area contributed by atoms with Gasteiger partial charge in [-0.3, -0.25) is 0 Å². The van der Waals surface area contributed by atoms with Crippen molar-refractivity contribution in [3.63, 3.8) is 0 Å². The van der Waals surface area contributed by atoms with Crippen LogP contribution in [0.4, 0.5) is 0 Å². The monoisotopic (exact) mass is 657 g/mol. The van der Waals surface area contributed by atoms with Crippen molar-refractivity contribution < 1.29 is 4.42 Å². The molecule has 0 saturated carbocycles. The third-order valence-electron chi connectivity index (χ3n) is 9.33. The van der Waals surface area contributed by atoms with E-state index in [2.05, 4.69) is 97.1 Å². The summed E-state index contributed by atoms with van der Waals surface area (Å²) in [7, 11) is 0. The van der Waals surface area contributed by atoms with E-state index in [1.807, 2.05) is 66.7 Å². The molecule has 3 heterocycles. The summed E-state index contributed by atoms with van der Waals surface area (Å²) in [6, 6.07) is 56.8. The highest BCUT2D eigenvalue weighted by Crippen LogP contribution is 2.45. The Morgan fingerprint density at radius 2 is 1.00 bits per heavy atom. The molecule has 0 amide bonds. The first-order valence-electron chi connectivity index (χ1n) is 16.6. The van der Waals surface area contributed by atoms with Crippen LogP contribution in [0.5, 0.6) is 0 Å². The van der Waals surface area contributed by atoms with Gasteiger partial charge >= 0.3 is 0 Å². The lowest BCUT2D eigenvalue weighted by Gasteiger charge is -2.10. The molecule has 0 aliphatic heterocycles. The molecule has 234 valence electrons. The van der Waals surface area contributed by atoms with E-state index in [9.17, 15) is 0 Å². The minimum absolute atomic E-state index is 0.650. The quantitative estimate of drug-likeness (QED) is 0.185. The summed E-state index contributed by atoms with van der Waals surface area (Å²) in [5, 5.41) is 4.65. The van der Waals surface area contributed by atoms with Crippen LogP contribution in [0.15, 0.2) is 168 Å². The van der Waals surface area contributed by atoms with Crippen molar-refractivity contribution in [2.24, 2.45) is 0 Å². The van der Waals surface area contributed by atoms with Gasteiger partial charge in [-0.25, -0.2) is 15.0 Å². The van der Waals surface area contributed by atoms with Crippen molar-refractivity contribution in [3.8, 4) is 56.4 Å². The van der Waals surface area contributed by atoms with Gasteiger partial charge in [0.25, 0.3) is 0 Å². The molecule has 0 fully saturated rings. The lowest BCUT2D eigenvalue weighted by atomic mass is 9.93. The lowest BCUT2D eigenvalue weighted by molar-refractivity contribution is 0.670. The predicted octanol–water partition coefficient (Wildman–Crippen LogP) is 12.5. The maximum atomic E-state index is 6.62. The van der Waals surface area contributed by atoms with E-state index in [1.54, 1.807) is 11.3 Å². The molecule has 3 aromatic heterocycles. The van der Waals surface area contributed by atoms with Gasteiger partial charge in [-0.15, -0.1) is 11.3 Å². The molecule has 50 heavy (non-hydrogen) atoms. The highest BCUT2D eigenvalue weighted by Gasteiger charge is 2.20. The van der Waals surface area contributed by atoms with Gasteiger partial charge in [0, 0.05) is 53.2 Å². The molecule has 0 unspecified atom stereocenters. The van der Waals surface area contributed by atoms with Crippen LogP contribution in [0.25, 0.3) is 98.5 Å². The number of hydrogen-bond donors (Lipinski definition) is 0. The van der Waals surface area contributed by atoms with Crippen molar-refractivity contribution in [3.05, 3.63) is 164 Å². The second kappa shape index (κ2) is 11.6. The number of nitrogens with zero attached hydrogens (tertiary/aromatic N) is 3. The van der Waals surface area contributed by atoms with Gasteiger partial charge in [0.15, 0.2) is 17.5 Å². The number of thiophene rings is 1. The second-order valence-corrected chi connectivity index (χ2v) is 13.5. The van der Waals surface area contributed by atoms with E-state index in [4.69, 9.17) is 19.4 Å². The highest BCUT2D eigenvalue weighted by molar-refractivity contribution is 7.26. The maximum absolute atomic E-state index is 6.62. The van der Waals surface area contributed by atoms with Crippen molar-refractivity contribution in [1.82, 2.24) is 15.0 Å². The highest BCUT2D eigenvalue weighted by atomic mass is 32.1. The van der Waals surface area contributed by atoms with Gasteiger partial charge < -0.3 is 4.42 Å². The molecule has 0 atom stereocenters. The van der Waals surface area contributed by atoms with Crippen LogP contribution >= 0.6 is 11.3 Å². The summed E-state index contributed by atoms with van der Waals surface area (Å²) in [5.41, 5.74) is 9.24. The zero-order chi connectivity index (χ0) is 33.0. The normalized spacial score (nSPS) is 11.6. The smallest absolute Gasteiger partial charge is 0.164 e. The minimum atomic E-state index is 0.650. The molecule has 10 aromatic rings. The molecule has 0 bridgehead atoms.